The minimum absolute atomic E-state index is 0.00201. The second-order valence-corrected chi connectivity index (χ2v) is 5.43. The summed E-state index contributed by atoms with van der Waals surface area (Å²) in [6, 6.07) is 15.3. The molecule has 20 heavy (non-hydrogen) atoms. The average Bonchev–Trinajstić information content (AvgIpc) is 2.81. The molecule has 1 aliphatic rings. The Morgan fingerprint density at radius 2 is 1.90 bits per heavy atom. The summed E-state index contributed by atoms with van der Waals surface area (Å²) in [6.45, 7) is 0.585. The van der Waals surface area contributed by atoms with Crippen molar-refractivity contribution in [3.63, 3.8) is 0 Å². The molecular weight excluding hydrogens is 293 g/mol. The lowest BCUT2D eigenvalue weighted by Crippen LogP contribution is -2.36. The number of guanidine groups is 1. The molecule has 0 saturated heterocycles. The van der Waals surface area contributed by atoms with Crippen LogP contribution in [-0.4, -0.2) is 12.5 Å². The summed E-state index contributed by atoms with van der Waals surface area (Å²) in [7, 11) is 0. The first kappa shape index (κ1) is 13.3. The first-order valence-corrected chi connectivity index (χ1v) is 7.01. The largest absolute Gasteiger partial charge is 0.369 e. The fourth-order valence-electron chi connectivity index (χ4n) is 2.42. The predicted octanol–water partition coefficient (Wildman–Crippen LogP) is 3.87. The van der Waals surface area contributed by atoms with E-state index < -0.39 is 0 Å². The third-order valence-corrected chi connectivity index (χ3v) is 3.91. The SMILES string of the molecule is NC1=NCC(c2ccccc2Cl)N1c1cccc(Cl)c1. The Morgan fingerprint density at radius 3 is 2.65 bits per heavy atom. The number of benzene rings is 2. The van der Waals surface area contributed by atoms with Gasteiger partial charge in [0.05, 0.1) is 12.6 Å². The molecule has 3 rings (SSSR count). The molecule has 0 spiro atoms. The van der Waals surface area contributed by atoms with Gasteiger partial charge >= 0.3 is 0 Å². The Morgan fingerprint density at radius 1 is 1.10 bits per heavy atom. The zero-order chi connectivity index (χ0) is 14.1. The topological polar surface area (TPSA) is 41.6 Å². The van der Waals surface area contributed by atoms with Crippen molar-refractivity contribution in [2.75, 3.05) is 11.4 Å². The average molecular weight is 306 g/mol. The molecule has 2 N–H and O–H groups in total. The number of hydrogen-bond acceptors (Lipinski definition) is 3. The minimum Gasteiger partial charge on any atom is -0.369 e. The molecule has 0 bridgehead atoms. The minimum atomic E-state index is 0.00201. The van der Waals surface area contributed by atoms with Crippen molar-refractivity contribution in [3.8, 4) is 0 Å². The van der Waals surface area contributed by atoms with Crippen molar-refractivity contribution in [1.29, 1.82) is 0 Å². The van der Waals surface area contributed by atoms with Crippen molar-refractivity contribution in [2.24, 2.45) is 10.7 Å². The van der Waals surface area contributed by atoms with Gasteiger partial charge in [-0.1, -0.05) is 47.5 Å². The Bertz CT molecular complexity index is 670. The molecule has 1 atom stereocenters. The third kappa shape index (κ3) is 2.35. The van der Waals surface area contributed by atoms with E-state index in [2.05, 4.69) is 4.99 Å². The fraction of sp³-hybridized carbons (Fsp3) is 0.133. The van der Waals surface area contributed by atoms with Gasteiger partial charge in [-0.2, -0.15) is 0 Å². The molecular formula is C15H13Cl2N3. The predicted molar refractivity (Wildman–Crippen MR) is 84.6 cm³/mol. The molecule has 3 nitrogen and oxygen atoms in total. The van der Waals surface area contributed by atoms with Crippen LogP contribution < -0.4 is 10.6 Å². The van der Waals surface area contributed by atoms with Crippen LogP contribution in [0.5, 0.6) is 0 Å². The van der Waals surface area contributed by atoms with Crippen molar-refractivity contribution in [1.82, 2.24) is 0 Å². The summed E-state index contributed by atoms with van der Waals surface area (Å²) >= 11 is 12.4. The summed E-state index contributed by atoms with van der Waals surface area (Å²) in [5.41, 5.74) is 7.96. The van der Waals surface area contributed by atoms with Crippen LogP contribution in [0.2, 0.25) is 10.0 Å². The van der Waals surface area contributed by atoms with E-state index in [1.165, 1.54) is 0 Å². The van der Waals surface area contributed by atoms with Gasteiger partial charge in [-0.25, -0.2) is 0 Å². The lowest BCUT2D eigenvalue weighted by molar-refractivity contribution is 0.769. The highest BCUT2D eigenvalue weighted by Crippen LogP contribution is 2.35. The Labute approximate surface area is 127 Å². The maximum atomic E-state index is 6.29. The number of hydrogen-bond donors (Lipinski definition) is 1. The van der Waals surface area contributed by atoms with Gasteiger partial charge in [0.15, 0.2) is 5.96 Å². The summed E-state index contributed by atoms with van der Waals surface area (Å²) in [4.78, 5) is 6.31. The van der Waals surface area contributed by atoms with Crippen LogP contribution in [0.1, 0.15) is 11.6 Å². The van der Waals surface area contributed by atoms with Gasteiger partial charge in [-0.05, 0) is 29.8 Å². The van der Waals surface area contributed by atoms with Gasteiger partial charge in [-0.3, -0.25) is 4.99 Å². The Hall–Kier alpha value is -1.71. The maximum Gasteiger partial charge on any atom is 0.196 e. The van der Waals surface area contributed by atoms with Crippen LogP contribution in [0.3, 0.4) is 0 Å². The van der Waals surface area contributed by atoms with E-state index in [-0.39, 0.29) is 6.04 Å². The molecule has 2 aromatic rings. The lowest BCUT2D eigenvalue weighted by Gasteiger charge is -2.27. The van der Waals surface area contributed by atoms with E-state index in [1.807, 2.05) is 53.4 Å². The number of rotatable bonds is 2. The summed E-state index contributed by atoms with van der Waals surface area (Å²) < 4.78 is 0. The highest BCUT2D eigenvalue weighted by Gasteiger charge is 2.30. The van der Waals surface area contributed by atoms with Gasteiger partial charge in [0.25, 0.3) is 0 Å². The fourth-order valence-corrected chi connectivity index (χ4v) is 2.86. The van der Waals surface area contributed by atoms with Gasteiger partial charge < -0.3 is 10.6 Å². The number of aliphatic imine (C=N–C) groups is 1. The quantitative estimate of drug-likeness (QED) is 0.915. The summed E-state index contributed by atoms with van der Waals surface area (Å²) in [5, 5.41) is 1.38. The second kappa shape index (κ2) is 5.35. The molecule has 1 aliphatic heterocycles. The maximum absolute atomic E-state index is 6.29. The normalized spacial score (nSPS) is 18.2. The number of halogens is 2. The Balaban J connectivity index is 2.03. The van der Waals surface area contributed by atoms with Crippen molar-refractivity contribution < 1.29 is 0 Å². The van der Waals surface area contributed by atoms with E-state index in [4.69, 9.17) is 28.9 Å². The summed E-state index contributed by atoms with van der Waals surface area (Å²) in [6.07, 6.45) is 0. The number of nitrogens with zero attached hydrogens (tertiary/aromatic N) is 2. The van der Waals surface area contributed by atoms with Gasteiger partial charge in [0.1, 0.15) is 0 Å². The second-order valence-electron chi connectivity index (χ2n) is 4.59. The smallest absolute Gasteiger partial charge is 0.196 e. The monoisotopic (exact) mass is 305 g/mol. The molecule has 1 unspecified atom stereocenters. The molecule has 0 aromatic heterocycles. The van der Waals surface area contributed by atoms with Crippen LogP contribution in [0.4, 0.5) is 5.69 Å². The molecule has 0 radical (unpaired) electrons. The van der Waals surface area contributed by atoms with Crippen LogP contribution in [0.15, 0.2) is 53.5 Å². The van der Waals surface area contributed by atoms with E-state index in [0.717, 1.165) is 16.3 Å². The standard InChI is InChI=1S/C15H13Cl2N3/c16-10-4-3-5-11(8-10)20-14(9-19-15(20)18)12-6-1-2-7-13(12)17/h1-8,14H,9H2,(H2,18,19). The highest BCUT2D eigenvalue weighted by molar-refractivity contribution is 6.31. The molecule has 0 fully saturated rings. The van der Waals surface area contributed by atoms with Crippen molar-refractivity contribution in [2.45, 2.75) is 6.04 Å². The molecule has 0 saturated carbocycles. The van der Waals surface area contributed by atoms with Crippen LogP contribution in [-0.2, 0) is 0 Å². The molecule has 0 amide bonds. The van der Waals surface area contributed by atoms with E-state index >= 15 is 0 Å². The Kier molecular flexibility index (Phi) is 3.55. The molecule has 5 heteroatoms. The molecule has 1 heterocycles. The highest BCUT2D eigenvalue weighted by atomic mass is 35.5. The van der Waals surface area contributed by atoms with Gasteiger partial charge in [0.2, 0.25) is 0 Å². The number of anilines is 1. The number of nitrogens with two attached hydrogens (primary N) is 1. The van der Waals surface area contributed by atoms with Gasteiger partial charge in [-0.15, -0.1) is 0 Å². The zero-order valence-corrected chi connectivity index (χ0v) is 12.1. The van der Waals surface area contributed by atoms with Crippen LogP contribution in [0.25, 0.3) is 0 Å². The summed E-state index contributed by atoms with van der Waals surface area (Å²) in [5.74, 6) is 0.484. The third-order valence-electron chi connectivity index (χ3n) is 3.34. The van der Waals surface area contributed by atoms with Gasteiger partial charge in [0, 0.05) is 15.7 Å². The van der Waals surface area contributed by atoms with Crippen LogP contribution >= 0.6 is 23.2 Å². The zero-order valence-electron chi connectivity index (χ0n) is 10.6. The molecule has 102 valence electrons. The molecule has 0 aliphatic carbocycles. The molecule has 2 aromatic carbocycles. The first-order chi connectivity index (χ1) is 9.66. The lowest BCUT2D eigenvalue weighted by atomic mass is 10.1. The van der Waals surface area contributed by atoms with E-state index in [0.29, 0.717) is 17.5 Å². The first-order valence-electron chi connectivity index (χ1n) is 6.26. The van der Waals surface area contributed by atoms with Crippen molar-refractivity contribution >= 4 is 34.8 Å². The van der Waals surface area contributed by atoms with E-state index in [1.54, 1.807) is 0 Å². The van der Waals surface area contributed by atoms with Crippen LogP contribution in [0, 0.1) is 0 Å². The van der Waals surface area contributed by atoms with Crippen molar-refractivity contribution in [3.05, 3.63) is 64.1 Å². The van der Waals surface area contributed by atoms with E-state index in [9.17, 15) is 0 Å².